The number of carbonyl (C=O) groups excluding carboxylic acids is 1. The molecule has 5 heteroatoms. The number of halogens is 1. The van der Waals surface area contributed by atoms with E-state index in [-0.39, 0.29) is 5.69 Å². The fraction of sp³-hybridized carbons (Fsp3) is 0. The van der Waals surface area contributed by atoms with Crippen molar-refractivity contribution in [1.29, 1.82) is 0 Å². The van der Waals surface area contributed by atoms with E-state index in [1.54, 1.807) is 12.1 Å². The van der Waals surface area contributed by atoms with Gasteiger partial charge in [0.2, 0.25) is 0 Å². The Bertz CT molecular complexity index is 384. The second-order valence-corrected chi connectivity index (χ2v) is 2.90. The molecule has 0 saturated heterocycles. The molecule has 0 radical (unpaired) electrons. The summed E-state index contributed by atoms with van der Waals surface area (Å²) in [6.07, 6.45) is 2.75. The van der Waals surface area contributed by atoms with Crippen LogP contribution in [0.25, 0.3) is 6.08 Å². The lowest BCUT2D eigenvalue weighted by molar-refractivity contribution is -0.384. The molecule has 1 aromatic carbocycles. The van der Waals surface area contributed by atoms with Gasteiger partial charge in [0, 0.05) is 18.2 Å². The van der Waals surface area contributed by atoms with Crippen LogP contribution in [0.5, 0.6) is 0 Å². The first-order valence-electron chi connectivity index (χ1n) is 3.73. The number of nitro benzene ring substituents is 1. The van der Waals surface area contributed by atoms with Crippen molar-refractivity contribution in [3.05, 3.63) is 46.0 Å². The van der Waals surface area contributed by atoms with Crippen molar-refractivity contribution >= 4 is 17.0 Å². The van der Waals surface area contributed by atoms with Crippen LogP contribution in [-0.4, -0.2) is 10.2 Å². The van der Waals surface area contributed by atoms with E-state index in [4.69, 9.17) is 0 Å². The monoisotopic (exact) mass is 212 g/mol. The van der Waals surface area contributed by atoms with Gasteiger partial charge in [0.1, 0.15) is 0 Å². The van der Waals surface area contributed by atoms with Gasteiger partial charge in [-0.05, 0) is 23.8 Å². The van der Waals surface area contributed by atoms with E-state index in [9.17, 15) is 14.9 Å². The fourth-order valence-corrected chi connectivity index (χ4v) is 0.939. The van der Waals surface area contributed by atoms with E-state index in [0.29, 0.717) is 5.56 Å². The molecule has 1 aromatic rings. The molecule has 0 unspecified atom stereocenters. The van der Waals surface area contributed by atoms with Crippen molar-refractivity contribution in [2.75, 3.05) is 0 Å². The van der Waals surface area contributed by atoms with Crippen LogP contribution < -0.4 is 0 Å². The Balaban J connectivity index is 2.83. The van der Waals surface area contributed by atoms with Crippen LogP contribution in [0.15, 0.2) is 30.3 Å². The van der Waals surface area contributed by atoms with Gasteiger partial charge in [-0.1, -0.05) is 0 Å². The Labute approximate surface area is 85.0 Å². The Kier molecular flexibility index (Phi) is 3.36. The lowest BCUT2D eigenvalue weighted by Gasteiger charge is -1.91. The van der Waals surface area contributed by atoms with Crippen LogP contribution in [0.2, 0.25) is 0 Å². The minimum atomic E-state index is -0.480. The van der Waals surface area contributed by atoms with Crippen LogP contribution in [0.3, 0.4) is 0 Å². The minimum absolute atomic E-state index is 0.0202. The average Bonchev–Trinajstić information content (AvgIpc) is 2.15. The molecular weight excluding hydrogens is 206 g/mol. The number of benzene rings is 1. The molecule has 0 heterocycles. The van der Waals surface area contributed by atoms with E-state index in [1.807, 2.05) is 0 Å². The van der Waals surface area contributed by atoms with Gasteiger partial charge >= 0.3 is 5.24 Å². The first-order chi connectivity index (χ1) is 6.59. The van der Waals surface area contributed by atoms with Crippen LogP contribution >= 0.6 is 0 Å². The van der Waals surface area contributed by atoms with Gasteiger partial charge in [0.15, 0.2) is 11.6 Å². The minimum Gasteiger partial charge on any atom is -0.258 e. The van der Waals surface area contributed by atoms with Crippen LogP contribution in [0.1, 0.15) is 5.56 Å². The maximum absolute atomic E-state index is 10.4. The zero-order chi connectivity index (χ0) is 10.6. The summed E-state index contributed by atoms with van der Waals surface area (Å²) in [5.41, 5.74) is 0.723. The highest BCUT2D eigenvalue weighted by molar-refractivity contribution is 5.83. The molecule has 0 bridgehead atoms. The molecule has 0 saturated carbocycles. The van der Waals surface area contributed by atoms with Gasteiger partial charge in [-0.15, -0.1) is 0 Å². The van der Waals surface area contributed by atoms with Crippen molar-refractivity contribution in [3.8, 4) is 0 Å². The number of allylic oxidation sites excluding steroid dienone is 1. The normalized spacial score (nSPS) is 10.4. The predicted molar refractivity (Wildman–Crippen MR) is 48.5 cm³/mol. The van der Waals surface area contributed by atoms with Gasteiger partial charge in [0.25, 0.3) is 5.69 Å². The van der Waals surface area contributed by atoms with E-state index in [1.165, 1.54) is 24.3 Å². The molecule has 0 atom stereocenters. The third kappa shape index (κ3) is 2.99. The zero-order valence-electron chi connectivity index (χ0n) is 7.04. The van der Waals surface area contributed by atoms with Crippen LogP contribution in [-0.2, 0) is 4.79 Å². The highest BCUT2D eigenvalue weighted by atomic mass is 35.5. The lowest BCUT2D eigenvalue weighted by atomic mass is 10.2. The molecule has 0 fully saturated rings. The molecule has 0 aromatic heterocycles. The Hall–Kier alpha value is -1.68. The number of nitrogens with zero attached hydrogens (tertiary/aromatic N) is 1. The summed E-state index contributed by atoms with van der Waals surface area (Å²) in [4.78, 5) is 20.2. The van der Waals surface area contributed by atoms with E-state index in [2.05, 4.69) is 11.6 Å². The molecule has 0 N–H and O–H groups in total. The zero-order valence-corrected chi connectivity index (χ0v) is 7.86. The lowest BCUT2D eigenvalue weighted by Crippen LogP contribution is -1.87. The summed E-state index contributed by atoms with van der Waals surface area (Å²) in [5, 5.41) is 9.83. The van der Waals surface area contributed by atoms with Crippen molar-refractivity contribution in [3.63, 3.8) is 0 Å². The summed E-state index contributed by atoms with van der Waals surface area (Å²) in [5.74, 6) is 0. The van der Waals surface area contributed by atoms with Crippen LogP contribution in [0.4, 0.5) is 5.69 Å². The SMILES string of the molecule is O=C([ClH+])/C=C/c1ccc([N+](=O)[O-])cc1. The van der Waals surface area contributed by atoms with Gasteiger partial charge in [-0.25, -0.2) is 4.79 Å². The molecule has 14 heavy (non-hydrogen) atoms. The fourth-order valence-electron chi connectivity index (χ4n) is 0.871. The van der Waals surface area contributed by atoms with Gasteiger partial charge in [-0.3, -0.25) is 10.1 Å². The van der Waals surface area contributed by atoms with E-state index < -0.39 is 10.2 Å². The summed E-state index contributed by atoms with van der Waals surface area (Å²) < 4.78 is 0. The van der Waals surface area contributed by atoms with Gasteiger partial charge < -0.3 is 0 Å². The summed E-state index contributed by atoms with van der Waals surface area (Å²) in [7, 11) is 0. The average molecular weight is 213 g/mol. The Morgan fingerprint density at radius 2 is 1.93 bits per heavy atom. The number of carbonyl (C=O) groups is 1. The number of hydrogen-bond acceptors (Lipinski definition) is 3. The Morgan fingerprint density at radius 1 is 1.36 bits per heavy atom. The van der Waals surface area contributed by atoms with Crippen molar-refractivity contribution in [1.82, 2.24) is 0 Å². The maximum Gasteiger partial charge on any atom is 0.423 e. The Morgan fingerprint density at radius 3 is 2.36 bits per heavy atom. The quantitative estimate of drug-likeness (QED) is 0.330. The second-order valence-electron chi connectivity index (χ2n) is 2.50. The highest BCUT2D eigenvalue weighted by Crippen LogP contribution is 2.12. The molecule has 1 rings (SSSR count). The molecule has 72 valence electrons. The molecule has 0 aliphatic rings. The second kappa shape index (κ2) is 4.53. The van der Waals surface area contributed by atoms with Crippen molar-refractivity contribution < 1.29 is 21.3 Å². The number of nitro groups is 1. The summed E-state index contributed by atoms with van der Waals surface area (Å²) in [6, 6.07) is 5.83. The maximum atomic E-state index is 10.4. The molecule has 0 spiro atoms. The molecule has 0 aliphatic heterocycles. The smallest absolute Gasteiger partial charge is 0.258 e. The predicted octanol–water partition coefficient (Wildman–Crippen LogP) is 1.42. The standard InChI is InChI=1S/C9H7ClNO3/c10-9(12)6-3-7-1-4-8(5-2-7)11(13)14/h1-6,10H/q+1/b6-3+. The molecular formula is C9H7ClNO3+. The highest BCUT2D eigenvalue weighted by Gasteiger charge is 2.02. The van der Waals surface area contributed by atoms with Crippen molar-refractivity contribution in [2.45, 2.75) is 0 Å². The van der Waals surface area contributed by atoms with Gasteiger partial charge in [0.05, 0.1) is 4.92 Å². The first kappa shape index (κ1) is 10.4. The van der Waals surface area contributed by atoms with Crippen molar-refractivity contribution in [2.24, 2.45) is 0 Å². The summed E-state index contributed by atoms with van der Waals surface area (Å²) >= 11 is 4.31. The number of hydrogen-bond donors (Lipinski definition) is 0. The largest absolute Gasteiger partial charge is 0.423 e. The van der Waals surface area contributed by atoms with Gasteiger partial charge in [-0.2, -0.15) is 0 Å². The third-order valence-electron chi connectivity index (χ3n) is 1.52. The van der Waals surface area contributed by atoms with Crippen LogP contribution in [0, 0.1) is 21.7 Å². The first-order valence-corrected chi connectivity index (χ1v) is 4.14. The summed E-state index contributed by atoms with van der Waals surface area (Å²) in [6.45, 7) is 0. The number of rotatable bonds is 3. The molecule has 0 amide bonds. The third-order valence-corrected chi connectivity index (χ3v) is 1.65. The molecule has 0 aliphatic carbocycles. The van der Waals surface area contributed by atoms with E-state index in [0.717, 1.165) is 0 Å². The molecule has 4 nitrogen and oxygen atoms in total. The topological polar surface area (TPSA) is 60.2 Å². The number of non-ortho nitro benzene ring substituents is 1. The van der Waals surface area contributed by atoms with E-state index >= 15 is 0 Å².